The molecule has 1 atom stereocenters. The van der Waals surface area contributed by atoms with Gasteiger partial charge in [-0.25, -0.2) is 4.39 Å². The fourth-order valence-corrected chi connectivity index (χ4v) is 3.78. The van der Waals surface area contributed by atoms with Gasteiger partial charge in [-0.2, -0.15) is 0 Å². The Morgan fingerprint density at radius 2 is 1.73 bits per heavy atom. The molecule has 0 saturated heterocycles. The zero-order chi connectivity index (χ0) is 21.1. The van der Waals surface area contributed by atoms with Crippen molar-refractivity contribution in [1.82, 2.24) is 10.2 Å². The number of aryl methyl sites for hydroxylation is 1. The minimum Gasteiger partial charge on any atom is -0.352 e. The van der Waals surface area contributed by atoms with E-state index in [4.69, 9.17) is 0 Å². The summed E-state index contributed by atoms with van der Waals surface area (Å²) in [5.41, 5.74) is 4.51. The summed E-state index contributed by atoms with van der Waals surface area (Å²) < 4.78 is 13.5. The average Bonchev–Trinajstić information content (AvgIpc) is 3.09. The maximum atomic E-state index is 13.5. The maximum Gasteiger partial charge on any atom is 0.255 e. The van der Waals surface area contributed by atoms with Crippen LogP contribution in [0.25, 0.3) is 0 Å². The van der Waals surface area contributed by atoms with E-state index in [2.05, 4.69) is 5.32 Å². The Morgan fingerprint density at radius 1 is 1.03 bits per heavy atom. The van der Waals surface area contributed by atoms with Gasteiger partial charge in [-0.05, 0) is 41.8 Å². The predicted octanol–water partition coefficient (Wildman–Crippen LogP) is 4.54. The molecule has 152 valence electrons. The van der Waals surface area contributed by atoms with Crippen LogP contribution in [0.15, 0.2) is 72.8 Å². The highest BCUT2D eigenvalue weighted by molar-refractivity contribution is 5.98. The Balaban J connectivity index is 1.52. The third kappa shape index (κ3) is 4.25. The smallest absolute Gasteiger partial charge is 0.255 e. The van der Waals surface area contributed by atoms with Crippen molar-refractivity contribution in [3.63, 3.8) is 0 Å². The van der Waals surface area contributed by atoms with Gasteiger partial charge < -0.3 is 10.2 Å². The standard InChI is InChI=1S/C25H23FN2O2/c1-17-6-8-18(9-7-17)15-27-24(29)14-23(19-10-12-21(26)13-11-19)28-16-20-4-2-3-5-22(20)25(28)30/h2-13,23H,14-16H2,1H3,(H,27,29)/t23-/m0/s1. The second-order valence-electron chi connectivity index (χ2n) is 7.62. The highest BCUT2D eigenvalue weighted by Gasteiger charge is 2.34. The minimum atomic E-state index is -0.469. The molecule has 4 rings (SSSR count). The Morgan fingerprint density at radius 3 is 2.43 bits per heavy atom. The van der Waals surface area contributed by atoms with Crippen molar-refractivity contribution in [2.45, 2.75) is 32.5 Å². The number of amides is 2. The molecule has 3 aromatic rings. The first-order valence-electron chi connectivity index (χ1n) is 9.98. The Labute approximate surface area is 175 Å². The number of nitrogens with one attached hydrogen (secondary N) is 1. The zero-order valence-corrected chi connectivity index (χ0v) is 16.8. The molecule has 0 aliphatic carbocycles. The number of hydrogen-bond donors (Lipinski definition) is 1. The van der Waals surface area contributed by atoms with Crippen LogP contribution in [0.5, 0.6) is 0 Å². The largest absolute Gasteiger partial charge is 0.352 e. The summed E-state index contributed by atoms with van der Waals surface area (Å²) in [5, 5.41) is 2.94. The number of rotatable bonds is 6. The monoisotopic (exact) mass is 402 g/mol. The van der Waals surface area contributed by atoms with E-state index >= 15 is 0 Å². The molecule has 1 heterocycles. The number of halogens is 1. The number of carbonyl (C=O) groups excluding carboxylic acids is 2. The van der Waals surface area contributed by atoms with E-state index in [-0.39, 0.29) is 24.1 Å². The molecule has 4 nitrogen and oxygen atoms in total. The molecule has 1 N–H and O–H groups in total. The van der Waals surface area contributed by atoms with E-state index in [9.17, 15) is 14.0 Å². The van der Waals surface area contributed by atoms with Crippen molar-refractivity contribution < 1.29 is 14.0 Å². The van der Waals surface area contributed by atoms with Gasteiger partial charge in [0.1, 0.15) is 5.82 Å². The van der Waals surface area contributed by atoms with Crippen molar-refractivity contribution in [3.8, 4) is 0 Å². The van der Waals surface area contributed by atoms with Crippen LogP contribution in [0.2, 0.25) is 0 Å². The topological polar surface area (TPSA) is 49.4 Å². The lowest BCUT2D eigenvalue weighted by atomic mass is 10.0. The molecule has 5 heteroatoms. The van der Waals surface area contributed by atoms with Gasteiger partial charge in [0.05, 0.1) is 12.5 Å². The number of nitrogens with zero attached hydrogens (tertiary/aromatic N) is 1. The van der Waals surface area contributed by atoms with Gasteiger partial charge in [0.15, 0.2) is 0 Å². The lowest BCUT2D eigenvalue weighted by Crippen LogP contribution is -2.34. The van der Waals surface area contributed by atoms with Crippen LogP contribution in [-0.2, 0) is 17.9 Å². The molecular weight excluding hydrogens is 379 g/mol. The summed E-state index contributed by atoms with van der Waals surface area (Å²) in [6.45, 7) is 2.87. The molecule has 2 amide bonds. The van der Waals surface area contributed by atoms with Crippen molar-refractivity contribution in [2.24, 2.45) is 0 Å². The van der Waals surface area contributed by atoms with Crippen LogP contribution in [0.4, 0.5) is 4.39 Å². The first-order chi connectivity index (χ1) is 14.5. The van der Waals surface area contributed by atoms with E-state index in [0.29, 0.717) is 18.7 Å². The van der Waals surface area contributed by atoms with Crippen LogP contribution in [0.1, 0.15) is 45.1 Å². The van der Waals surface area contributed by atoms with E-state index in [0.717, 1.165) is 22.3 Å². The molecule has 3 aromatic carbocycles. The van der Waals surface area contributed by atoms with E-state index in [1.54, 1.807) is 23.1 Å². The fourth-order valence-electron chi connectivity index (χ4n) is 3.78. The van der Waals surface area contributed by atoms with Crippen LogP contribution in [0.3, 0.4) is 0 Å². The Hall–Kier alpha value is -3.47. The molecule has 0 fully saturated rings. The molecule has 1 aliphatic rings. The first-order valence-corrected chi connectivity index (χ1v) is 9.98. The van der Waals surface area contributed by atoms with Crippen molar-refractivity contribution in [3.05, 3.63) is 106 Å². The second kappa shape index (κ2) is 8.49. The van der Waals surface area contributed by atoms with Crippen molar-refractivity contribution in [2.75, 3.05) is 0 Å². The van der Waals surface area contributed by atoms with Crippen molar-refractivity contribution >= 4 is 11.8 Å². The highest BCUT2D eigenvalue weighted by Crippen LogP contribution is 2.33. The van der Waals surface area contributed by atoms with Crippen LogP contribution >= 0.6 is 0 Å². The van der Waals surface area contributed by atoms with Crippen LogP contribution < -0.4 is 5.32 Å². The fraction of sp³-hybridized carbons (Fsp3) is 0.200. The Kier molecular flexibility index (Phi) is 5.61. The second-order valence-corrected chi connectivity index (χ2v) is 7.62. The summed E-state index contributed by atoms with van der Waals surface area (Å²) in [7, 11) is 0. The lowest BCUT2D eigenvalue weighted by Gasteiger charge is -2.28. The molecule has 30 heavy (non-hydrogen) atoms. The minimum absolute atomic E-state index is 0.105. The SMILES string of the molecule is Cc1ccc(CNC(=O)C[C@@H](c2ccc(F)cc2)N2Cc3ccccc3C2=O)cc1. The van der Waals surface area contributed by atoms with Crippen molar-refractivity contribution in [1.29, 1.82) is 0 Å². The first kappa shape index (κ1) is 19.8. The molecule has 1 aliphatic heterocycles. The summed E-state index contributed by atoms with van der Waals surface area (Å²) in [4.78, 5) is 27.4. The zero-order valence-electron chi connectivity index (χ0n) is 16.8. The molecule has 0 radical (unpaired) electrons. The maximum absolute atomic E-state index is 13.5. The predicted molar refractivity (Wildman–Crippen MR) is 113 cm³/mol. The van der Waals surface area contributed by atoms with Gasteiger partial charge in [-0.15, -0.1) is 0 Å². The summed E-state index contributed by atoms with van der Waals surface area (Å²) in [6, 6.07) is 21.0. The van der Waals surface area contributed by atoms with Gasteiger partial charge in [0, 0.05) is 18.7 Å². The Bertz CT molecular complexity index is 1060. The van der Waals surface area contributed by atoms with Gasteiger partial charge in [0.25, 0.3) is 5.91 Å². The normalized spacial score (nSPS) is 13.8. The van der Waals surface area contributed by atoms with Gasteiger partial charge in [0.2, 0.25) is 5.91 Å². The van der Waals surface area contributed by atoms with Crippen LogP contribution in [-0.4, -0.2) is 16.7 Å². The summed E-state index contributed by atoms with van der Waals surface area (Å²) in [6.07, 6.45) is 0.108. The third-order valence-electron chi connectivity index (χ3n) is 5.47. The molecule has 0 spiro atoms. The average molecular weight is 402 g/mol. The van der Waals surface area contributed by atoms with E-state index < -0.39 is 6.04 Å². The van der Waals surface area contributed by atoms with Crippen LogP contribution in [0, 0.1) is 12.7 Å². The number of hydrogen-bond acceptors (Lipinski definition) is 2. The summed E-state index contributed by atoms with van der Waals surface area (Å²) >= 11 is 0. The number of carbonyl (C=O) groups is 2. The van der Waals surface area contributed by atoms with E-state index in [1.807, 2.05) is 49.4 Å². The molecular formula is C25H23FN2O2. The molecule has 0 aromatic heterocycles. The number of fused-ring (bicyclic) bond motifs is 1. The van der Waals surface area contributed by atoms with Gasteiger partial charge in [-0.1, -0.05) is 60.2 Å². The number of benzene rings is 3. The van der Waals surface area contributed by atoms with Gasteiger partial charge in [-0.3, -0.25) is 9.59 Å². The van der Waals surface area contributed by atoms with Gasteiger partial charge >= 0.3 is 0 Å². The molecule has 0 bridgehead atoms. The highest BCUT2D eigenvalue weighted by atomic mass is 19.1. The lowest BCUT2D eigenvalue weighted by molar-refractivity contribution is -0.122. The summed E-state index contributed by atoms with van der Waals surface area (Å²) in [5.74, 6) is -0.614. The quantitative estimate of drug-likeness (QED) is 0.658. The molecule has 0 saturated carbocycles. The van der Waals surface area contributed by atoms with E-state index in [1.165, 1.54) is 12.1 Å². The third-order valence-corrected chi connectivity index (χ3v) is 5.47. The molecule has 0 unspecified atom stereocenters.